The third kappa shape index (κ3) is 3.78. The summed E-state index contributed by atoms with van der Waals surface area (Å²) in [4.78, 5) is 35.7. The number of fused-ring (bicyclic) bond motifs is 1. The zero-order valence-electron chi connectivity index (χ0n) is 13.7. The predicted molar refractivity (Wildman–Crippen MR) is 89.4 cm³/mol. The molecule has 0 spiro atoms. The summed E-state index contributed by atoms with van der Waals surface area (Å²) in [6.07, 6.45) is -0.695. The molecule has 1 unspecified atom stereocenters. The summed E-state index contributed by atoms with van der Waals surface area (Å²) in [6, 6.07) is 2.26. The van der Waals surface area contributed by atoms with Gasteiger partial charge >= 0.3 is 12.1 Å². The van der Waals surface area contributed by atoms with Gasteiger partial charge in [0.25, 0.3) is 5.91 Å². The van der Waals surface area contributed by atoms with Gasteiger partial charge in [0, 0.05) is 15.6 Å². The number of hydrogen-bond donors (Lipinski definition) is 3. The lowest BCUT2D eigenvalue weighted by atomic mass is 10.0. The Morgan fingerprint density at radius 2 is 1.96 bits per heavy atom. The third-order valence-corrected chi connectivity index (χ3v) is 3.79. The Bertz CT molecular complexity index is 699. The molecule has 1 aromatic carbocycles. The lowest BCUT2D eigenvalue weighted by molar-refractivity contribution is -0.142. The van der Waals surface area contributed by atoms with E-state index in [0.29, 0.717) is 21.3 Å². The molecule has 8 nitrogen and oxygen atoms in total. The number of nitrogens with one attached hydrogen (secondary N) is 3. The van der Waals surface area contributed by atoms with Crippen LogP contribution in [0.1, 0.15) is 42.7 Å². The van der Waals surface area contributed by atoms with E-state index in [-0.39, 0.29) is 0 Å². The fourth-order valence-electron chi connectivity index (χ4n) is 2.21. The highest BCUT2D eigenvalue weighted by Crippen LogP contribution is 2.37. The molecule has 0 radical (unpaired) electrons. The van der Waals surface area contributed by atoms with Crippen LogP contribution >= 0.6 is 15.9 Å². The number of esters is 1. The fourth-order valence-corrected chi connectivity index (χ4v) is 2.66. The second-order valence-corrected chi connectivity index (χ2v) is 6.92. The number of carbonyl (C=O) groups excluding carboxylic acids is 3. The number of rotatable bonds is 3. The van der Waals surface area contributed by atoms with Crippen LogP contribution in [0.3, 0.4) is 0 Å². The predicted octanol–water partition coefficient (Wildman–Crippen LogP) is 2.26. The number of hydrogen-bond acceptors (Lipinski definition) is 6. The minimum Gasteiger partial charge on any atom is -0.467 e. The van der Waals surface area contributed by atoms with Crippen molar-refractivity contribution in [3.05, 3.63) is 27.7 Å². The van der Waals surface area contributed by atoms with Crippen molar-refractivity contribution in [1.82, 2.24) is 10.7 Å². The van der Waals surface area contributed by atoms with E-state index < -0.39 is 29.6 Å². The summed E-state index contributed by atoms with van der Waals surface area (Å²) in [5, 5.41) is 2.55. The summed E-state index contributed by atoms with van der Waals surface area (Å²) < 4.78 is 10.4. The van der Waals surface area contributed by atoms with Crippen LogP contribution in [-0.4, -0.2) is 30.7 Å². The molecule has 1 aliphatic rings. The van der Waals surface area contributed by atoms with E-state index in [4.69, 9.17) is 9.47 Å². The second kappa shape index (κ2) is 6.68. The second-order valence-electron chi connectivity index (χ2n) is 6.07. The summed E-state index contributed by atoms with van der Waals surface area (Å²) in [5.41, 5.74) is 5.50. The van der Waals surface area contributed by atoms with Gasteiger partial charge in [-0.25, -0.2) is 15.0 Å². The Morgan fingerprint density at radius 1 is 1.29 bits per heavy atom. The van der Waals surface area contributed by atoms with Crippen LogP contribution in [0.4, 0.5) is 10.5 Å². The maximum atomic E-state index is 12.0. The molecule has 0 bridgehead atoms. The first kappa shape index (κ1) is 18.1. The average molecular weight is 400 g/mol. The maximum Gasteiger partial charge on any atom is 0.426 e. The van der Waals surface area contributed by atoms with Gasteiger partial charge in [0.1, 0.15) is 5.60 Å². The van der Waals surface area contributed by atoms with Gasteiger partial charge in [0.2, 0.25) is 0 Å². The van der Waals surface area contributed by atoms with Crippen LogP contribution in [0, 0.1) is 0 Å². The Kier molecular flexibility index (Phi) is 5.02. The molecule has 0 saturated carbocycles. The normalized spacial score (nSPS) is 16.0. The Morgan fingerprint density at radius 3 is 2.54 bits per heavy atom. The highest BCUT2D eigenvalue weighted by molar-refractivity contribution is 9.10. The standard InChI is InChI=1S/C15H18BrN3O5/c1-15(2,3)24-14(22)19-18-10-8(16)6-5-7-9(10)11(13(21)23-4)17-12(7)20/h5-6,11,18H,1-4H3,(H,17,20)(H,19,22). The van der Waals surface area contributed by atoms with E-state index in [1.807, 2.05) is 0 Å². The summed E-state index contributed by atoms with van der Waals surface area (Å²) >= 11 is 3.33. The number of amides is 2. The van der Waals surface area contributed by atoms with Crippen molar-refractivity contribution in [3.63, 3.8) is 0 Å². The molecular formula is C15H18BrN3O5. The van der Waals surface area contributed by atoms with Crippen molar-refractivity contribution in [2.45, 2.75) is 32.4 Å². The molecule has 1 aliphatic heterocycles. The monoisotopic (exact) mass is 399 g/mol. The Labute approximate surface area is 147 Å². The Balaban J connectivity index is 2.29. The highest BCUT2D eigenvalue weighted by Gasteiger charge is 2.37. The highest BCUT2D eigenvalue weighted by atomic mass is 79.9. The number of ether oxygens (including phenoxy) is 2. The van der Waals surface area contributed by atoms with Crippen LogP contribution in [0.5, 0.6) is 0 Å². The van der Waals surface area contributed by atoms with Gasteiger partial charge in [-0.1, -0.05) is 0 Å². The van der Waals surface area contributed by atoms with Crippen molar-refractivity contribution in [3.8, 4) is 0 Å². The van der Waals surface area contributed by atoms with Crippen molar-refractivity contribution in [2.24, 2.45) is 0 Å². The molecule has 2 rings (SSSR count). The molecule has 1 atom stereocenters. The van der Waals surface area contributed by atoms with Gasteiger partial charge < -0.3 is 14.8 Å². The number of methoxy groups -OCH3 is 1. The number of halogens is 1. The molecule has 2 amide bonds. The van der Waals surface area contributed by atoms with Crippen molar-refractivity contribution in [1.29, 1.82) is 0 Å². The largest absolute Gasteiger partial charge is 0.467 e. The summed E-state index contributed by atoms with van der Waals surface area (Å²) in [5.74, 6) is -1.01. The number of carbonyl (C=O) groups is 3. The molecule has 130 valence electrons. The molecule has 0 aromatic heterocycles. The van der Waals surface area contributed by atoms with Crippen LogP contribution in [0.2, 0.25) is 0 Å². The van der Waals surface area contributed by atoms with Gasteiger partial charge in [-0.2, -0.15) is 0 Å². The van der Waals surface area contributed by atoms with Crippen molar-refractivity contribution in [2.75, 3.05) is 12.5 Å². The molecule has 1 heterocycles. The van der Waals surface area contributed by atoms with E-state index in [2.05, 4.69) is 32.1 Å². The first-order chi connectivity index (χ1) is 11.1. The van der Waals surface area contributed by atoms with E-state index in [1.165, 1.54) is 7.11 Å². The molecule has 0 fully saturated rings. The topological polar surface area (TPSA) is 106 Å². The molecule has 0 aliphatic carbocycles. The van der Waals surface area contributed by atoms with Gasteiger partial charge in [0.05, 0.1) is 12.8 Å². The lowest BCUT2D eigenvalue weighted by Crippen LogP contribution is -2.36. The van der Waals surface area contributed by atoms with Gasteiger partial charge in [0.15, 0.2) is 6.04 Å². The zero-order valence-corrected chi connectivity index (χ0v) is 15.2. The number of hydrazine groups is 1. The van der Waals surface area contributed by atoms with Crippen LogP contribution in [0.15, 0.2) is 16.6 Å². The molecule has 1 aromatic rings. The van der Waals surface area contributed by atoms with Gasteiger partial charge in [-0.05, 0) is 48.8 Å². The third-order valence-electron chi connectivity index (χ3n) is 3.13. The van der Waals surface area contributed by atoms with E-state index in [0.717, 1.165) is 0 Å². The first-order valence-corrected chi connectivity index (χ1v) is 7.89. The SMILES string of the molecule is COC(=O)C1NC(=O)c2ccc(Br)c(NNC(=O)OC(C)(C)C)c21. The molecular weight excluding hydrogens is 382 g/mol. The zero-order chi connectivity index (χ0) is 18.1. The summed E-state index contributed by atoms with van der Waals surface area (Å²) in [6.45, 7) is 5.20. The van der Waals surface area contributed by atoms with Crippen LogP contribution in [-0.2, 0) is 14.3 Å². The number of benzene rings is 1. The number of anilines is 1. The molecule has 24 heavy (non-hydrogen) atoms. The smallest absolute Gasteiger partial charge is 0.426 e. The van der Waals surface area contributed by atoms with Crippen LogP contribution in [0.25, 0.3) is 0 Å². The van der Waals surface area contributed by atoms with Gasteiger partial charge in [-0.15, -0.1) is 0 Å². The molecule has 0 saturated heterocycles. The van der Waals surface area contributed by atoms with E-state index >= 15 is 0 Å². The molecule has 9 heteroatoms. The first-order valence-electron chi connectivity index (χ1n) is 7.10. The Hall–Kier alpha value is -2.29. The van der Waals surface area contributed by atoms with Crippen molar-refractivity contribution >= 4 is 39.6 Å². The van der Waals surface area contributed by atoms with E-state index in [9.17, 15) is 14.4 Å². The summed E-state index contributed by atoms with van der Waals surface area (Å²) in [7, 11) is 1.23. The quantitative estimate of drug-likeness (QED) is 0.531. The van der Waals surface area contributed by atoms with Crippen LogP contribution < -0.4 is 16.2 Å². The van der Waals surface area contributed by atoms with E-state index in [1.54, 1.807) is 32.9 Å². The minimum absolute atomic E-state index is 0.321. The lowest BCUT2D eigenvalue weighted by Gasteiger charge is -2.21. The maximum absolute atomic E-state index is 12.0. The average Bonchev–Trinajstić information content (AvgIpc) is 2.81. The molecule has 3 N–H and O–H groups in total. The minimum atomic E-state index is -0.960. The fraction of sp³-hybridized carbons (Fsp3) is 0.400. The van der Waals surface area contributed by atoms with Crippen molar-refractivity contribution < 1.29 is 23.9 Å². The van der Waals surface area contributed by atoms with Gasteiger partial charge in [-0.3, -0.25) is 10.2 Å².